The van der Waals surface area contributed by atoms with Gasteiger partial charge in [0.15, 0.2) is 5.82 Å². The van der Waals surface area contributed by atoms with Gasteiger partial charge in [-0.1, -0.05) is 0 Å². The van der Waals surface area contributed by atoms with Crippen molar-refractivity contribution in [2.75, 3.05) is 38.3 Å². The van der Waals surface area contributed by atoms with Crippen molar-refractivity contribution < 1.29 is 9.47 Å². The topological polar surface area (TPSA) is 77.3 Å². The number of hydrogen-bond donors (Lipinski definition) is 1. The lowest BCUT2D eigenvalue weighted by Crippen LogP contribution is -2.37. The zero-order valence-electron chi connectivity index (χ0n) is 18.0. The third-order valence-electron chi connectivity index (χ3n) is 7.01. The fraction of sp³-hybridized carbons (Fsp3) is 0.522. The maximum Gasteiger partial charge on any atom is 0.320 e. The molecule has 8 heteroatoms. The first-order valence-electron chi connectivity index (χ1n) is 11.2. The molecule has 2 atom stereocenters. The van der Waals surface area contributed by atoms with Gasteiger partial charge in [-0.15, -0.1) is 0 Å². The second-order valence-corrected chi connectivity index (χ2v) is 8.92. The quantitative estimate of drug-likeness (QED) is 0.695. The molecule has 31 heavy (non-hydrogen) atoms. The molecule has 162 valence electrons. The van der Waals surface area contributed by atoms with Crippen LogP contribution >= 0.6 is 0 Å². The van der Waals surface area contributed by atoms with E-state index in [4.69, 9.17) is 14.6 Å². The first-order valence-corrected chi connectivity index (χ1v) is 11.2. The molecule has 3 aliphatic heterocycles. The van der Waals surface area contributed by atoms with Gasteiger partial charge in [0.1, 0.15) is 5.82 Å². The van der Waals surface area contributed by atoms with E-state index in [1.54, 1.807) is 7.11 Å². The van der Waals surface area contributed by atoms with Crippen LogP contribution in [0.1, 0.15) is 36.3 Å². The average molecular weight is 421 g/mol. The number of rotatable bonds is 4. The Morgan fingerprint density at radius 3 is 2.71 bits per heavy atom. The van der Waals surface area contributed by atoms with Crippen LogP contribution in [0.2, 0.25) is 0 Å². The number of aryl methyl sites for hydroxylation is 1. The van der Waals surface area contributed by atoms with E-state index in [9.17, 15) is 0 Å². The molecule has 3 aromatic rings. The molecule has 3 fully saturated rings. The van der Waals surface area contributed by atoms with Gasteiger partial charge in [-0.2, -0.15) is 15.1 Å². The Kier molecular flexibility index (Phi) is 4.57. The second-order valence-electron chi connectivity index (χ2n) is 8.92. The maximum atomic E-state index is 5.76. The van der Waals surface area contributed by atoms with Gasteiger partial charge in [-0.3, -0.25) is 0 Å². The van der Waals surface area contributed by atoms with Gasteiger partial charge in [-0.25, -0.2) is 4.68 Å². The molecule has 0 saturated carbocycles. The third kappa shape index (κ3) is 3.25. The normalized spacial score (nSPS) is 23.7. The number of aromatic nitrogens is 4. The highest BCUT2D eigenvalue weighted by Crippen LogP contribution is 2.34. The van der Waals surface area contributed by atoms with Gasteiger partial charge >= 0.3 is 6.01 Å². The van der Waals surface area contributed by atoms with Crippen molar-refractivity contribution in [2.45, 2.75) is 44.2 Å². The molecule has 0 unspecified atom stereocenters. The minimum absolute atomic E-state index is 0.301. The van der Waals surface area contributed by atoms with Gasteiger partial charge in [0.2, 0.25) is 0 Å². The Hall–Kier alpha value is -2.71. The predicted molar refractivity (Wildman–Crippen MR) is 118 cm³/mol. The smallest absolute Gasteiger partial charge is 0.320 e. The lowest BCUT2D eigenvalue weighted by Gasteiger charge is -2.28. The van der Waals surface area contributed by atoms with Crippen LogP contribution < -0.4 is 15.0 Å². The average Bonchev–Trinajstić information content (AvgIpc) is 3.54. The number of hydrogen-bond acceptors (Lipinski definition) is 7. The molecule has 6 rings (SSSR count). The zero-order valence-corrected chi connectivity index (χ0v) is 18.0. The summed E-state index contributed by atoms with van der Waals surface area (Å²) in [5, 5.41) is 9.30. The Balaban J connectivity index is 1.43. The Labute approximate surface area is 181 Å². The van der Waals surface area contributed by atoms with Crippen LogP contribution in [0.4, 0.5) is 5.82 Å². The van der Waals surface area contributed by atoms with Crippen LogP contribution in [0, 0.1) is 6.92 Å². The van der Waals surface area contributed by atoms with Crippen molar-refractivity contribution in [3.8, 4) is 11.8 Å². The zero-order chi connectivity index (χ0) is 20.9. The van der Waals surface area contributed by atoms with E-state index in [1.165, 1.54) is 24.0 Å². The summed E-state index contributed by atoms with van der Waals surface area (Å²) in [6.07, 6.45) is 5.63. The molecule has 1 N–H and O–H groups in total. The monoisotopic (exact) mass is 420 g/mol. The number of nitrogens with zero attached hydrogens (tertiary/aromatic N) is 5. The molecule has 3 aliphatic rings. The summed E-state index contributed by atoms with van der Waals surface area (Å²) < 4.78 is 13.1. The number of anilines is 1. The minimum Gasteiger partial charge on any atom is -0.467 e. The molecule has 8 nitrogen and oxygen atoms in total. The molecule has 2 bridgehead atoms. The standard InChI is InChI=1S/C23H28N6O2/c1-14-7-16-11-25-29(20(16)9-19(14)15-3-5-24-6-4-15)22-10-21(26-23(27-22)30-2)28-12-18-8-17(28)13-31-18/h7,9-11,15,17-18,24H,3-6,8,12-13H2,1-2H3/t17-,18-/m1/s1. The number of fused-ring (bicyclic) bond motifs is 3. The van der Waals surface area contributed by atoms with Crippen molar-refractivity contribution in [2.24, 2.45) is 0 Å². The second kappa shape index (κ2) is 7.46. The highest BCUT2D eigenvalue weighted by atomic mass is 16.5. The Morgan fingerprint density at radius 2 is 1.97 bits per heavy atom. The van der Waals surface area contributed by atoms with E-state index in [0.717, 1.165) is 55.2 Å². The molecule has 5 heterocycles. The van der Waals surface area contributed by atoms with Crippen molar-refractivity contribution in [1.82, 2.24) is 25.1 Å². The number of piperidine rings is 1. The number of morpholine rings is 1. The molecule has 0 radical (unpaired) electrons. The SMILES string of the molecule is COc1nc(N2C[C@H]3C[C@@H]2CO3)cc(-n2ncc3cc(C)c(C4CCNCC4)cc32)n1. The summed E-state index contributed by atoms with van der Waals surface area (Å²) >= 11 is 0. The molecular formula is C23H28N6O2. The molecule has 1 aromatic carbocycles. The lowest BCUT2D eigenvalue weighted by atomic mass is 9.87. The first kappa shape index (κ1) is 19.0. The number of nitrogens with one attached hydrogen (secondary N) is 1. The summed E-state index contributed by atoms with van der Waals surface area (Å²) in [6.45, 7) is 5.99. The van der Waals surface area contributed by atoms with Gasteiger partial charge in [0.25, 0.3) is 0 Å². The molecule has 0 spiro atoms. The lowest BCUT2D eigenvalue weighted by molar-refractivity contribution is 0.0988. The highest BCUT2D eigenvalue weighted by molar-refractivity contribution is 5.82. The van der Waals surface area contributed by atoms with Crippen molar-refractivity contribution >= 4 is 16.7 Å². The van der Waals surface area contributed by atoms with Gasteiger partial charge in [0, 0.05) is 18.0 Å². The Morgan fingerprint density at radius 1 is 1.13 bits per heavy atom. The van der Waals surface area contributed by atoms with E-state index in [2.05, 4.69) is 39.2 Å². The molecule has 0 amide bonds. The third-order valence-corrected chi connectivity index (χ3v) is 7.01. The molecule has 3 saturated heterocycles. The van der Waals surface area contributed by atoms with Crippen LogP contribution in [0.15, 0.2) is 24.4 Å². The summed E-state index contributed by atoms with van der Waals surface area (Å²) in [4.78, 5) is 11.6. The summed E-state index contributed by atoms with van der Waals surface area (Å²) in [6, 6.07) is 7.34. The molecule has 2 aromatic heterocycles. The number of ether oxygens (including phenoxy) is 2. The largest absolute Gasteiger partial charge is 0.467 e. The fourth-order valence-corrected chi connectivity index (χ4v) is 5.39. The van der Waals surface area contributed by atoms with E-state index < -0.39 is 0 Å². The summed E-state index contributed by atoms with van der Waals surface area (Å²) in [5.74, 6) is 2.21. The Bertz CT molecular complexity index is 1120. The van der Waals surface area contributed by atoms with Crippen LogP contribution in [-0.2, 0) is 4.74 Å². The molecular weight excluding hydrogens is 392 g/mol. The predicted octanol–water partition coefficient (Wildman–Crippen LogP) is 2.58. The molecule has 0 aliphatic carbocycles. The number of benzene rings is 1. The van der Waals surface area contributed by atoms with E-state index in [1.807, 2.05) is 16.9 Å². The van der Waals surface area contributed by atoms with E-state index in [-0.39, 0.29) is 0 Å². The van der Waals surface area contributed by atoms with Crippen LogP contribution in [-0.4, -0.2) is 65.2 Å². The summed E-state index contributed by atoms with van der Waals surface area (Å²) in [5.41, 5.74) is 3.84. The van der Waals surface area contributed by atoms with Crippen molar-refractivity contribution in [1.29, 1.82) is 0 Å². The van der Waals surface area contributed by atoms with E-state index in [0.29, 0.717) is 24.1 Å². The minimum atomic E-state index is 0.301. The number of methoxy groups -OCH3 is 1. The van der Waals surface area contributed by atoms with Crippen LogP contribution in [0.25, 0.3) is 16.7 Å². The first-order chi connectivity index (χ1) is 15.2. The van der Waals surface area contributed by atoms with Crippen molar-refractivity contribution in [3.63, 3.8) is 0 Å². The van der Waals surface area contributed by atoms with Crippen LogP contribution in [0.5, 0.6) is 6.01 Å². The van der Waals surface area contributed by atoms with Crippen molar-refractivity contribution in [3.05, 3.63) is 35.5 Å². The van der Waals surface area contributed by atoms with Gasteiger partial charge < -0.3 is 19.7 Å². The van der Waals surface area contributed by atoms with Gasteiger partial charge in [0.05, 0.1) is 37.6 Å². The summed E-state index contributed by atoms with van der Waals surface area (Å²) in [7, 11) is 1.61. The fourth-order valence-electron chi connectivity index (χ4n) is 5.39. The van der Waals surface area contributed by atoms with E-state index >= 15 is 0 Å². The van der Waals surface area contributed by atoms with Gasteiger partial charge in [-0.05, 0) is 68.5 Å². The maximum absolute atomic E-state index is 5.76. The van der Waals surface area contributed by atoms with Crippen LogP contribution in [0.3, 0.4) is 0 Å². The highest BCUT2D eigenvalue weighted by Gasteiger charge is 2.40.